The van der Waals surface area contributed by atoms with Gasteiger partial charge in [-0.25, -0.2) is 12.8 Å². The first-order valence-electron chi connectivity index (χ1n) is 5.18. The SMILES string of the molecule is Nc1c(F)c(S(=O)(=O)Nc2ccncc2)cc(Cl)c1Br. The van der Waals surface area contributed by atoms with E-state index < -0.39 is 20.7 Å². The number of nitrogens with two attached hydrogens (primary N) is 1. The van der Waals surface area contributed by atoms with Gasteiger partial charge in [-0.2, -0.15) is 0 Å². The van der Waals surface area contributed by atoms with Gasteiger partial charge in [-0.3, -0.25) is 9.71 Å². The van der Waals surface area contributed by atoms with E-state index in [1.165, 1.54) is 24.5 Å². The molecule has 0 fully saturated rings. The number of nitrogens with zero attached hydrogens (tertiary/aromatic N) is 1. The van der Waals surface area contributed by atoms with E-state index >= 15 is 0 Å². The van der Waals surface area contributed by atoms with E-state index in [1.54, 1.807) is 0 Å². The smallest absolute Gasteiger partial charge is 0.264 e. The standard InChI is InChI=1S/C11H8BrClFN3O2S/c12-9-7(13)5-8(10(14)11(9)15)20(18,19)17-6-1-3-16-4-2-6/h1-5H,15H2,(H,16,17). The quantitative estimate of drug-likeness (QED) is 0.633. The minimum atomic E-state index is -4.14. The molecule has 0 aliphatic carbocycles. The third kappa shape index (κ3) is 2.87. The molecule has 0 saturated heterocycles. The Kier molecular flexibility index (Phi) is 4.17. The number of pyridine rings is 1. The fourth-order valence-electron chi connectivity index (χ4n) is 1.43. The normalized spacial score (nSPS) is 11.3. The van der Waals surface area contributed by atoms with Crippen molar-refractivity contribution < 1.29 is 12.8 Å². The molecule has 0 spiro atoms. The van der Waals surface area contributed by atoms with Gasteiger partial charge in [0.2, 0.25) is 0 Å². The molecule has 0 saturated carbocycles. The zero-order valence-corrected chi connectivity index (χ0v) is 12.9. The van der Waals surface area contributed by atoms with Crippen LogP contribution in [0, 0.1) is 5.82 Å². The summed E-state index contributed by atoms with van der Waals surface area (Å²) in [4.78, 5) is 3.12. The number of hydrogen-bond donors (Lipinski definition) is 2. The minimum absolute atomic E-state index is 0.000923. The van der Waals surface area contributed by atoms with E-state index in [4.69, 9.17) is 17.3 Å². The molecule has 2 rings (SSSR count). The summed E-state index contributed by atoms with van der Waals surface area (Å²) >= 11 is 8.78. The Morgan fingerprint density at radius 2 is 1.95 bits per heavy atom. The van der Waals surface area contributed by atoms with Crippen LogP contribution in [0.15, 0.2) is 40.0 Å². The molecule has 0 bridgehead atoms. The van der Waals surface area contributed by atoms with Crippen molar-refractivity contribution in [2.45, 2.75) is 4.90 Å². The number of rotatable bonds is 3. The van der Waals surface area contributed by atoms with Crippen molar-refractivity contribution in [3.8, 4) is 0 Å². The molecule has 0 unspecified atom stereocenters. The van der Waals surface area contributed by atoms with Crippen LogP contribution >= 0.6 is 27.5 Å². The average molecular weight is 381 g/mol. The molecule has 1 heterocycles. The highest BCUT2D eigenvalue weighted by atomic mass is 79.9. The van der Waals surface area contributed by atoms with Crippen LogP contribution < -0.4 is 10.5 Å². The van der Waals surface area contributed by atoms with Crippen molar-refractivity contribution >= 4 is 48.9 Å². The maximum Gasteiger partial charge on any atom is 0.264 e. The van der Waals surface area contributed by atoms with Crippen LogP contribution in [-0.2, 0) is 10.0 Å². The van der Waals surface area contributed by atoms with Crippen LogP contribution in [0.2, 0.25) is 5.02 Å². The van der Waals surface area contributed by atoms with E-state index in [1.807, 2.05) is 0 Å². The highest BCUT2D eigenvalue weighted by molar-refractivity contribution is 9.10. The lowest BCUT2D eigenvalue weighted by atomic mass is 10.3. The maximum absolute atomic E-state index is 14.0. The van der Waals surface area contributed by atoms with Gasteiger partial charge >= 0.3 is 0 Å². The average Bonchev–Trinajstić information content (AvgIpc) is 2.41. The fourth-order valence-corrected chi connectivity index (χ4v) is 3.16. The largest absolute Gasteiger partial charge is 0.395 e. The molecule has 2 aromatic rings. The Balaban J connectivity index is 2.51. The number of aromatic nitrogens is 1. The summed E-state index contributed by atoms with van der Waals surface area (Å²) in [6, 6.07) is 3.85. The molecule has 106 valence electrons. The topological polar surface area (TPSA) is 85.1 Å². The van der Waals surface area contributed by atoms with E-state index in [2.05, 4.69) is 25.6 Å². The predicted octanol–water partition coefficient (Wildman–Crippen LogP) is 3.02. The Morgan fingerprint density at radius 1 is 1.35 bits per heavy atom. The van der Waals surface area contributed by atoms with Gasteiger partial charge in [0.1, 0.15) is 4.90 Å². The van der Waals surface area contributed by atoms with Crippen molar-refractivity contribution in [1.29, 1.82) is 0 Å². The monoisotopic (exact) mass is 379 g/mol. The van der Waals surface area contributed by atoms with Crippen LogP contribution in [0.1, 0.15) is 0 Å². The zero-order valence-electron chi connectivity index (χ0n) is 9.77. The van der Waals surface area contributed by atoms with Gasteiger partial charge in [0.25, 0.3) is 10.0 Å². The molecule has 0 amide bonds. The van der Waals surface area contributed by atoms with Gasteiger partial charge < -0.3 is 5.73 Å². The highest BCUT2D eigenvalue weighted by Crippen LogP contribution is 2.35. The van der Waals surface area contributed by atoms with E-state index in [9.17, 15) is 12.8 Å². The van der Waals surface area contributed by atoms with E-state index in [0.29, 0.717) is 0 Å². The molecule has 9 heteroatoms. The zero-order chi connectivity index (χ0) is 14.9. The second-order valence-electron chi connectivity index (χ2n) is 3.74. The van der Waals surface area contributed by atoms with Gasteiger partial charge in [-0.1, -0.05) is 11.6 Å². The molecule has 0 atom stereocenters. The summed E-state index contributed by atoms with van der Waals surface area (Å²) in [6.45, 7) is 0. The van der Waals surface area contributed by atoms with Crippen LogP contribution in [0.25, 0.3) is 0 Å². The number of nitrogen functional groups attached to an aromatic ring is 1. The van der Waals surface area contributed by atoms with Crippen molar-refractivity contribution in [2.24, 2.45) is 0 Å². The summed E-state index contributed by atoms with van der Waals surface area (Å²) < 4.78 is 40.6. The van der Waals surface area contributed by atoms with Crippen LogP contribution in [0.5, 0.6) is 0 Å². The molecule has 20 heavy (non-hydrogen) atoms. The van der Waals surface area contributed by atoms with Crippen LogP contribution in [0.3, 0.4) is 0 Å². The highest BCUT2D eigenvalue weighted by Gasteiger charge is 2.24. The minimum Gasteiger partial charge on any atom is -0.395 e. The van der Waals surface area contributed by atoms with E-state index in [0.717, 1.165) is 6.07 Å². The molecule has 0 aliphatic rings. The van der Waals surface area contributed by atoms with Gasteiger partial charge in [-0.15, -0.1) is 0 Å². The number of nitrogens with one attached hydrogen (secondary N) is 1. The van der Waals surface area contributed by atoms with Gasteiger partial charge in [0, 0.05) is 12.4 Å². The van der Waals surface area contributed by atoms with E-state index in [-0.39, 0.29) is 20.9 Å². The molecule has 1 aromatic heterocycles. The summed E-state index contributed by atoms with van der Waals surface area (Å²) in [5.41, 5.74) is 5.34. The lowest BCUT2D eigenvalue weighted by molar-refractivity contribution is 0.572. The van der Waals surface area contributed by atoms with Gasteiger partial charge in [-0.05, 0) is 34.1 Å². The number of halogens is 3. The fraction of sp³-hybridized carbons (Fsp3) is 0. The van der Waals surface area contributed by atoms with Crippen molar-refractivity contribution in [3.05, 3.63) is 45.9 Å². The second-order valence-corrected chi connectivity index (χ2v) is 6.59. The first-order valence-corrected chi connectivity index (χ1v) is 7.84. The lowest BCUT2D eigenvalue weighted by Gasteiger charge is -2.11. The molecule has 5 nitrogen and oxygen atoms in total. The molecule has 0 aliphatic heterocycles. The first-order chi connectivity index (χ1) is 9.33. The Labute approximate surface area is 128 Å². The lowest BCUT2D eigenvalue weighted by Crippen LogP contribution is -2.15. The maximum atomic E-state index is 14.0. The van der Waals surface area contributed by atoms with Crippen LogP contribution in [0.4, 0.5) is 15.8 Å². The first kappa shape index (κ1) is 15.0. The summed E-state index contributed by atoms with van der Waals surface area (Å²) in [5.74, 6) is -1.07. The van der Waals surface area contributed by atoms with Crippen molar-refractivity contribution in [1.82, 2.24) is 4.98 Å². The number of benzene rings is 1. The second kappa shape index (κ2) is 5.55. The molecule has 1 aromatic carbocycles. The molecule has 3 N–H and O–H groups in total. The predicted molar refractivity (Wildman–Crippen MR) is 78.6 cm³/mol. The summed E-state index contributed by atoms with van der Waals surface area (Å²) in [5, 5.41) is -0.000923. The number of anilines is 2. The third-order valence-electron chi connectivity index (χ3n) is 2.38. The van der Waals surface area contributed by atoms with Crippen molar-refractivity contribution in [2.75, 3.05) is 10.5 Å². The summed E-state index contributed by atoms with van der Waals surface area (Å²) in [7, 11) is -4.14. The Bertz CT molecular complexity index is 756. The Hall–Kier alpha value is -1.38. The van der Waals surface area contributed by atoms with Crippen molar-refractivity contribution in [3.63, 3.8) is 0 Å². The summed E-state index contributed by atoms with van der Waals surface area (Å²) in [6.07, 6.45) is 2.80. The third-order valence-corrected chi connectivity index (χ3v) is 5.14. The molecular weight excluding hydrogens is 373 g/mol. The number of hydrogen-bond acceptors (Lipinski definition) is 4. The van der Waals surface area contributed by atoms with Gasteiger partial charge in [0.15, 0.2) is 5.82 Å². The van der Waals surface area contributed by atoms with Crippen LogP contribution in [-0.4, -0.2) is 13.4 Å². The molecular formula is C11H8BrClFN3O2S. The number of sulfonamides is 1. The Morgan fingerprint density at radius 3 is 2.55 bits per heavy atom. The van der Waals surface area contributed by atoms with Gasteiger partial charge in [0.05, 0.1) is 20.9 Å². The molecule has 0 radical (unpaired) electrons.